The van der Waals surface area contributed by atoms with E-state index in [1.54, 1.807) is 5.19 Å². The molecule has 0 heterocycles. The molecule has 222 valence electrons. The lowest BCUT2D eigenvalue weighted by Gasteiger charge is -2.22. The maximum atomic E-state index is 2.54. The van der Waals surface area contributed by atoms with Crippen LogP contribution < -0.4 is 5.19 Å². The summed E-state index contributed by atoms with van der Waals surface area (Å²) in [6.07, 6.45) is 39.8. The van der Waals surface area contributed by atoms with Gasteiger partial charge in [0.05, 0.1) is 8.07 Å². The molecule has 0 nitrogen and oxygen atoms in total. The van der Waals surface area contributed by atoms with E-state index >= 15 is 0 Å². The van der Waals surface area contributed by atoms with E-state index in [0.717, 1.165) is 0 Å². The zero-order valence-electron chi connectivity index (χ0n) is 26.7. The molecular formula is C37H70Si. The quantitative estimate of drug-likeness (QED) is 0.0697. The van der Waals surface area contributed by atoms with Crippen LogP contribution in [0.5, 0.6) is 0 Å². The van der Waals surface area contributed by atoms with Crippen molar-refractivity contribution in [2.24, 2.45) is 0 Å². The monoisotopic (exact) mass is 543 g/mol. The first-order chi connectivity index (χ1) is 18.7. The molecule has 0 fully saturated rings. The molecule has 0 aliphatic heterocycles. The first-order valence-corrected chi connectivity index (χ1v) is 20.9. The largest absolute Gasteiger partial charge is 0.0806 e. The summed E-state index contributed by atoms with van der Waals surface area (Å²) in [6, 6.07) is 12.7. The number of hydrogen-bond donors (Lipinski definition) is 0. The normalized spacial score (nSPS) is 11.9. The minimum atomic E-state index is -1.20. The molecule has 0 N–H and O–H groups in total. The van der Waals surface area contributed by atoms with Crippen molar-refractivity contribution < 1.29 is 0 Å². The van der Waals surface area contributed by atoms with Gasteiger partial charge in [-0.3, -0.25) is 0 Å². The Kier molecular flexibility index (Phi) is 24.9. The fourth-order valence-corrected chi connectivity index (χ4v) is 8.61. The van der Waals surface area contributed by atoms with Gasteiger partial charge in [0.2, 0.25) is 0 Å². The summed E-state index contributed by atoms with van der Waals surface area (Å²) < 4.78 is 0. The highest BCUT2D eigenvalue weighted by molar-refractivity contribution is 6.89. The predicted molar refractivity (Wildman–Crippen MR) is 179 cm³/mol. The molecule has 1 aromatic rings. The van der Waals surface area contributed by atoms with E-state index in [0.29, 0.717) is 0 Å². The average Bonchev–Trinajstić information content (AvgIpc) is 2.93. The summed E-state index contributed by atoms with van der Waals surface area (Å²) in [7, 11) is -1.20. The lowest BCUT2D eigenvalue weighted by molar-refractivity contribution is 0.515. The highest BCUT2D eigenvalue weighted by atomic mass is 28.3. The molecule has 0 saturated carbocycles. The molecule has 0 bridgehead atoms. The van der Waals surface area contributed by atoms with Gasteiger partial charge in [-0.05, 0) is 0 Å². The Morgan fingerprint density at radius 3 is 0.921 bits per heavy atom. The van der Waals surface area contributed by atoms with E-state index in [4.69, 9.17) is 0 Å². The van der Waals surface area contributed by atoms with Gasteiger partial charge in [0, 0.05) is 0 Å². The third kappa shape index (κ3) is 22.3. The summed E-state index contributed by atoms with van der Waals surface area (Å²) in [4.78, 5) is 0. The first-order valence-electron chi connectivity index (χ1n) is 17.7. The van der Waals surface area contributed by atoms with Crippen molar-refractivity contribution in [3.63, 3.8) is 0 Å². The van der Waals surface area contributed by atoms with Crippen LogP contribution in [-0.2, 0) is 0 Å². The molecule has 0 aliphatic carbocycles. The molecule has 0 saturated heterocycles. The molecule has 0 unspecified atom stereocenters. The zero-order chi connectivity index (χ0) is 27.4. The molecular weight excluding hydrogens is 472 g/mol. The number of rotatable bonds is 29. The minimum absolute atomic E-state index is 1.20. The molecule has 1 aromatic carbocycles. The van der Waals surface area contributed by atoms with Gasteiger partial charge in [0.25, 0.3) is 0 Å². The molecule has 0 amide bonds. The Bertz CT molecular complexity index is 578. The second-order valence-electron chi connectivity index (χ2n) is 13.2. The summed E-state index contributed by atoms with van der Waals surface area (Å²) in [6.45, 7) is 7.40. The Balaban J connectivity index is 1.70. The lowest BCUT2D eigenvalue weighted by atomic mass is 10.0. The third-order valence-electron chi connectivity index (χ3n) is 8.96. The Morgan fingerprint density at radius 2 is 0.632 bits per heavy atom. The summed E-state index contributed by atoms with van der Waals surface area (Å²) >= 11 is 0. The van der Waals surface area contributed by atoms with Crippen LogP contribution in [0.4, 0.5) is 0 Å². The van der Waals surface area contributed by atoms with Crippen LogP contribution in [0.25, 0.3) is 0 Å². The maximum absolute atomic E-state index is 2.54. The molecule has 0 spiro atoms. The Morgan fingerprint density at radius 1 is 0.368 bits per heavy atom. The Hall–Kier alpha value is -0.563. The van der Waals surface area contributed by atoms with Gasteiger partial charge in [-0.1, -0.05) is 235 Å². The summed E-state index contributed by atoms with van der Waals surface area (Å²) in [5, 5.41) is 1.63. The topological polar surface area (TPSA) is 0 Å². The molecule has 0 aliphatic rings. The van der Waals surface area contributed by atoms with Crippen LogP contribution in [0, 0.1) is 0 Å². The van der Waals surface area contributed by atoms with Crippen molar-refractivity contribution in [2.45, 2.75) is 199 Å². The summed E-state index contributed by atoms with van der Waals surface area (Å²) in [5.41, 5.74) is 0. The highest BCUT2D eigenvalue weighted by Crippen LogP contribution is 2.18. The fraction of sp³-hybridized carbons (Fsp3) is 0.838. The van der Waals surface area contributed by atoms with E-state index in [-0.39, 0.29) is 0 Å². The average molecular weight is 543 g/mol. The van der Waals surface area contributed by atoms with Gasteiger partial charge in [-0.2, -0.15) is 0 Å². The van der Waals surface area contributed by atoms with E-state index < -0.39 is 8.07 Å². The molecule has 1 heteroatoms. The first kappa shape index (κ1) is 35.5. The van der Waals surface area contributed by atoms with Gasteiger partial charge in [0.15, 0.2) is 0 Å². The molecule has 0 radical (unpaired) electrons. The van der Waals surface area contributed by atoms with Crippen LogP contribution in [0.3, 0.4) is 0 Å². The highest BCUT2D eigenvalue weighted by Gasteiger charge is 2.21. The number of benzene rings is 1. The molecule has 0 aromatic heterocycles. The van der Waals surface area contributed by atoms with Crippen molar-refractivity contribution in [3.05, 3.63) is 30.3 Å². The standard InChI is InChI=1S/C37H70Si/c1-4-5-6-7-8-9-10-11-12-13-14-15-16-17-18-19-20-21-22-23-24-25-26-27-28-29-33-36-38(2,3)37-34-31-30-32-35-37/h30-32,34-35H,4-29,33,36H2,1-3H3. The molecule has 38 heavy (non-hydrogen) atoms. The fourth-order valence-electron chi connectivity index (χ4n) is 6.09. The van der Waals surface area contributed by atoms with Gasteiger partial charge >= 0.3 is 0 Å². The van der Waals surface area contributed by atoms with Crippen LogP contribution in [-0.4, -0.2) is 8.07 Å². The van der Waals surface area contributed by atoms with E-state index in [1.165, 1.54) is 179 Å². The van der Waals surface area contributed by atoms with Crippen molar-refractivity contribution in [1.82, 2.24) is 0 Å². The molecule has 0 atom stereocenters. The van der Waals surface area contributed by atoms with Crippen LogP contribution >= 0.6 is 0 Å². The van der Waals surface area contributed by atoms with E-state index in [2.05, 4.69) is 50.3 Å². The second-order valence-corrected chi connectivity index (χ2v) is 18.0. The maximum Gasteiger partial charge on any atom is 0.0806 e. The predicted octanol–water partition coefficient (Wildman–Crippen LogP) is 13.2. The number of unbranched alkanes of at least 4 members (excludes halogenated alkanes) is 26. The van der Waals surface area contributed by atoms with Crippen LogP contribution in [0.1, 0.15) is 180 Å². The van der Waals surface area contributed by atoms with Crippen molar-refractivity contribution in [3.8, 4) is 0 Å². The van der Waals surface area contributed by atoms with E-state index in [9.17, 15) is 0 Å². The van der Waals surface area contributed by atoms with Gasteiger partial charge < -0.3 is 0 Å². The van der Waals surface area contributed by atoms with E-state index in [1.807, 2.05) is 0 Å². The van der Waals surface area contributed by atoms with Gasteiger partial charge in [-0.15, -0.1) is 0 Å². The SMILES string of the molecule is CCCCCCCCCCCCCCCCCCCCCCCCCCCCC[Si](C)(C)c1ccccc1. The molecule has 1 rings (SSSR count). The Labute approximate surface area is 242 Å². The van der Waals surface area contributed by atoms with Crippen LogP contribution in [0.2, 0.25) is 19.1 Å². The van der Waals surface area contributed by atoms with Crippen molar-refractivity contribution in [1.29, 1.82) is 0 Å². The third-order valence-corrected chi connectivity index (χ3v) is 12.5. The zero-order valence-corrected chi connectivity index (χ0v) is 27.7. The lowest BCUT2D eigenvalue weighted by Crippen LogP contribution is -2.40. The smallest absolute Gasteiger partial charge is 0.0654 e. The minimum Gasteiger partial charge on any atom is -0.0654 e. The van der Waals surface area contributed by atoms with Crippen molar-refractivity contribution >= 4 is 13.3 Å². The van der Waals surface area contributed by atoms with Crippen molar-refractivity contribution in [2.75, 3.05) is 0 Å². The van der Waals surface area contributed by atoms with Gasteiger partial charge in [-0.25, -0.2) is 0 Å². The second kappa shape index (κ2) is 26.6. The van der Waals surface area contributed by atoms with Gasteiger partial charge in [0.1, 0.15) is 0 Å². The van der Waals surface area contributed by atoms with Crippen LogP contribution in [0.15, 0.2) is 30.3 Å². The number of hydrogen-bond acceptors (Lipinski definition) is 0. The summed E-state index contributed by atoms with van der Waals surface area (Å²) in [5.74, 6) is 0.